The van der Waals surface area contributed by atoms with Crippen molar-refractivity contribution in [3.8, 4) is 5.75 Å². The highest BCUT2D eigenvalue weighted by atomic mass is 35.5. The average molecular weight is 507 g/mol. The fraction of sp³-hybridized carbons (Fsp3) is 0.185. The van der Waals surface area contributed by atoms with Crippen molar-refractivity contribution in [2.75, 3.05) is 12.4 Å². The van der Waals surface area contributed by atoms with Crippen LogP contribution in [-0.4, -0.2) is 41.8 Å². The molecule has 0 saturated heterocycles. The molecular formula is C27H23ClN2O6. The molecule has 1 aliphatic heterocycles. The molecule has 3 amide bonds. The van der Waals surface area contributed by atoms with Crippen molar-refractivity contribution in [1.29, 1.82) is 0 Å². The summed E-state index contributed by atoms with van der Waals surface area (Å²) in [5.74, 6) is -1.63. The Kier molecular flexibility index (Phi) is 7.07. The lowest BCUT2D eigenvalue weighted by Crippen LogP contribution is -2.30. The second-order valence-corrected chi connectivity index (χ2v) is 8.71. The van der Waals surface area contributed by atoms with Crippen LogP contribution in [0.25, 0.3) is 0 Å². The second-order valence-electron chi connectivity index (χ2n) is 8.31. The van der Waals surface area contributed by atoms with E-state index in [4.69, 9.17) is 21.1 Å². The number of fused-ring (bicyclic) bond motifs is 1. The number of methoxy groups -OCH3 is 1. The second kappa shape index (κ2) is 10.2. The minimum absolute atomic E-state index is 0.0548. The monoisotopic (exact) mass is 506 g/mol. The lowest BCUT2D eigenvalue weighted by Gasteiger charge is -2.14. The highest BCUT2D eigenvalue weighted by Crippen LogP contribution is 2.27. The Morgan fingerprint density at radius 3 is 2.33 bits per heavy atom. The molecule has 1 heterocycles. The van der Waals surface area contributed by atoms with E-state index in [2.05, 4.69) is 5.32 Å². The molecule has 1 unspecified atom stereocenters. The number of carbonyl (C=O) groups excluding carboxylic acids is 4. The predicted molar refractivity (Wildman–Crippen MR) is 133 cm³/mol. The number of ether oxygens (including phenoxy) is 2. The number of anilines is 1. The summed E-state index contributed by atoms with van der Waals surface area (Å²) >= 11 is 6.08. The maximum Gasteiger partial charge on any atom is 0.338 e. The first-order valence-corrected chi connectivity index (χ1v) is 11.5. The molecule has 0 aromatic heterocycles. The van der Waals surface area contributed by atoms with Crippen LogP contribution >= 0.6 is 11.6 Å². The van der Waals surface area contributed by atoms with E-state index >= 15 is 0 Å². The van der Waals surface area contributed by atoms with E-state index in [1.165, 1.54) is 25.1 Å². The first-order valence-electron chi connectivity index (χ1n) is 11.1. The molecule has 3 aromatic carbocycles. The molecule has 0 radical (unpaired) electrons. The third-order valence-electron chi connectivity index (χ3n) is 5.80. The number of hydrogen-bond acceptors (Lipinski definition) is 6. The molecule has 8 nitrogen and oxygen atoms in total. The smallest absolute Gasteiger partial charge is 0.338 e. The molecule has 9 heteroatoms. The van der Waals surface area contributed by atoms with Crippen LogP contribution in [0.2, 0.25) is 5.02 Å². The molecule has 36 heavy (non-hydrogen) atoms. The Labute approximate surface area is 212 Å². The van der Waals surface area contributed by atoms with E-state index < -0.39 is 29.8 Å². The molecule has 1 atom stereocenters. The standard InChI is InChI=1S/C27H23ClN2O6/c1-15-4-8-19(13-23(15)28)29-24(31)16(2)36-27(34)18-7-11-21-22(12-18)26(33)30(25(21)32)14-17-5-9-20(35-3)10-6-17/h4-13,16H,14H2,1-3H3,(H,29,31). The Morgan fingerprint density at radius 2 is 1.67 bits per heavy atom. The Bertz CT molecular complexity index is 1370. The minimum Gasteiger partial charge on any atom is -0.497 e. The molecule has 1 N–H and O–H groups in total. The third-order valence-corrected chi connectivity index (χ3v) is 6.21. The molecule has 0 spiro atoms. The van der Waals surface area contributed by atoms with Crippen molar-refractivity contribution in [2.24, 2.45) is 0 Å². The fourth-order valence-corrected chi connectivity index (χ4v) is 3.85. The molecule has 184 valence electrons. The normalized spacial score (nSPS) is 13.3. The van der Waals surface area contributed by atoms with E-state index in [-0.39, 0.29) is 23.2 Å². The van der Waals surface area contributed by atoms with E-state index in [1.54, 1.807) is 49.6 Å². The number of nitrogens with one attached hydrogen (secondary N) is 1. The van der Waals surface area contributed by atoms with Crippen LogP contribution in [0.4, 0.5) is 5.69 Å². The van der Waals surface area contributed by atoms with Crippen molar-refractivity contribution in [3.05, 3.63) is 93.5 Å². The predicted octanol–water partition coefficient (Wildman–Crippen LogP) is 4.64. The van der Waals surface area contributed by atoms with Crippen molar-refractivity contribution in [1.82, 2.24) is 4.90 Å². The summed E-state index contributed by atoms with van der Waals surface area (Å²) in [5.41, 5.74) is 2.44. The largest absolute Gasteiger partial charge is 0.497 e. The first kappa shape index (κ1) is 24.9. The van der Waals surface area contributed by atoms with Crippen LogP contribution in [0.1, 0.15) is 49.1 Å². The van der Waals surface area contributed by atoms with E-state index in [9.17, 15) is 19.2 Å². The number of nitrogens with zero attached hydrogens (tertiary/aromatic N) is 1. The zero-order chi connectivity index (χ0) is 26.0. The van der Waals surface area contributed by atoms with Gasteiger partial charge in [-0.05, 0) is 67.4 Å². The van der Waals surface area contributed by atoms with Gasteiger partial charge in [0, 0.05) is 10.7 Å². The summed E-state index contributed by atoms with van der Waals surface area (Å²) in [6.45, 7) is 3.35. The fourth-order valence-electron chi connectivity index (χ4n) is 3.67. The van der Waals surface area contributed by atoms with Gasteiger partial charge in [0.1, 0.15) is 5.75 Å². The highest BCUT2D eigenvalue weighted by molar-refractivity contribution is 6.31. The number of hydrogen-bond donors (Lipinski definition) is 1. The quantitative estimate of drug-likeness (QED) is 0.370. The van der Waals surface area contributed by atoms with Gasteiger partial charge in [0.05, 0.1) is 30.3 Å². The number of benzene rings is 3. The van der Waals surface area contributed by atoms with Gasteiger partial charge in [-0.25, -0.2) is 4.79 Å². The molecule has 0 fully saturated rings. The Morgan fingerprint density at radius 1 is 0.972 bits per heavy atom. The van der Waals surface area contributed by atoms with Gasteiger partial charge in [-0.15, -0.1) is 0 Å². The number of carbonyl (C=O) groups is 4. The van der Waals surface area contributed by atoms with Gasteiger partial charge in [0.25, 0.3) is 17.7 Å². The zero-order valence-electron chi connectivity index (χ0n) is 19.8. The average Bonchev–Trinajstić information content (AvgIpc) is 3.10. The first-order chi connectivity index (χ1) is 17.2. The van der Waals surface area contributed by atoms with Gasteiger partial charge in [-0.2, -0.15) is 0 Å². The Balaban J connectivity index is 1.43. The van der Waals surface area contributed by atoms with Crippen molar-refractivity contribution in [2.45, 2.75) is 26.5 Å². The highest BCUT2D eigenvalue weighted by Gasteiger charge is 2.36. The van der Waals surface area contributed by atoms with Gasteiger partial charge < -0.3 is 14.8 Å². The molecule has 1 aliphatic rings. The molecule has 0 bridgehead atoms. The number of aryl methyl sites for hydroxylation is 1. The third kappa shape index (κ3) is 5.08. The van der Waals surface area contributed by atoms with E-state index in [0.717, 1.165) is 16.0 Å². The molecule has 0 saturated carbocycles. The summed E-state index contributed by atoms with van der Waals surface area (Å²) in [5, 5.41) is 3.14. The SMILES string of the molecule is COc1ccc(CN2C(=O)c3ccc(C(=O)OC(C)C(=O)Nc4ccc(C)c(Cl)c4)cc3C2=O)cc1. The van der Waals surface area contributed by atoms with E-state index in [0.29, 0.717) is 16.5 Å². The number of halogens is 1. The number of rotatable bonds is 7. The Hall–Kier alpha value is -4.17. The lowest BCUT2D eigenvalue weighted by atomic mass is 10.1. The number of imide groups is 1. The molecule has 4 rings (SSSR count). The lowest BCUT2D eigenvalue weighted by molar-refractivity contribution is -0.123. The van der Waals surface area contributed by atoms with E-state index in [1.807, 2.05) is 6.92 Å². The summed E-state index contributed by atoms with van der Waals surface area (Å²) in [6, 6.07) is 16.2. The van der Waals surface area contributed by atoms with Crippen LogP contribution in [0.3, 0.4) is 0 Å². The number of esters is 1. The van der Waals surface area contributed by atoms with Crippen LogP contribution < -0.4 is 10.1 Å². The summed E-state index contributed by atoms with van der Waals surface area (Å²) in [7, 11) is 1.55. The van der Waals surface area contributed by atoms with Crippen LogP contribution in [-0.2, 0) is 16.1 Å². The topological polar surface area (TPSA) is 102 Å². The summed E-state index contributed by atoms with van der Waals surface area (Å²) in [6.07, 6.45) is -1.12. The maximum atomic E-state index is 12.9. The summed E-state index contributed by atoms with van der Waals surface area (Å²) < 4.78 is 10.4. The minimum atomic E-state index is -1.12. The van der Waals surface area contributed by atoms with Gasteiger partial charge in [0.2, 0.25) is 0 Å². The van der Waals surface area contributed by atoms with Crippen LogP contribution in [0, 0.1) is 6.92 Å². The van der Waals surface area contributed by atoms with Crippen molar-refractivity contribution < 1.29 is 28.7 Å². The van der Waals surface area contributed by atoms with Crippen molar-refractivity contribution >= 4 is 41.0 Å². The van der Waals surface area contributed by atoms with Crippen LogP contribution in [0.5, 0.6) is 5.75 Å². The van der Waals surface area contributed by atoms with Crippen molar-refractivity contribution in [3.63, 3.8) is 0 Å². The maximum absolute atomic E-state index is 12.9. The van der Waals surface area contributed by atoms with Gasteiger partial charge in [-0.1, -0.05) is 29.8 Å². The van der Waals surface area contributed by atoms with Gasteiger partial charge in [0.15, 0.2) is 6.10 Å². The summed E-state index contributed by atoms with van der Waals surface area (Å²) in [4.78, 5) is 52.0. The molecular weight excluding hydrogens is 484 g/mol. The zero-order valence-corrected chi connectivity index (χ0v) is 20.6. The molecule has 0 aliphatic carbocycles. The van der Waals surface area contributed by atoms with Crippen LogP contribution in [0.15, 0.2) is 60.7 Å². The van der Waals surface area contributed by atoms with Gasteiger partial charge in [-0.3, -0.25) is 19.3 Å². The molecule has 3 aromatic rings. The van der Waals surface area contributed by atoms with Gasteiger partial charge >= 0.3 is 5.97 Å². The number of amides is 3.